The molecule has 2 aromatic heterocycles. The minimum absolute atomic E-state index is 0.000232. The molecule has 0 radical (unpaired) electrons. The van der Waals surface area contributed by atoms with Gasteiger partial charge < -0.3 is 14.8 Å². The van der Waals surface area contributed by atoms with E-state index in [1.54, 1.807) is 30.6 Å². The second-order valence-corrected chi connectivity index (χ2v) is 6.59. The van der Waals surface area contributed by atoms with E-state index in [0.717, 1.165) is 10.9 Å². The van der Waals surface area contributed by atoms with Gasteiger partial charge >= 0.3 is 0 Å². The van der Waals surface area contributed by atoms with Crippen LogP contribution >= 0.6 is 11.6 Å². The number of nitrogens with zero attached hydrogens (tertiary/aromatic N) is 4. The smallest absolute Gasteiger partial charge is 0.256 e. The van der Waals surface area contributed by atoms with Crippen molar-refractivity contribution in [3.05, 3.63) is 58.9 Å². The number of hydrogen-bond donors (Lipinski definition) is 1. The maximum absolute atomic E-state index is 12.9. The van der Waals surface area contributed by atoms with Gasteiger partial charge in [0, 0.05) is 54.5 Å². The van der Waals surface area contributed by atoms with Crippen LogP contribution in [0.5, 0.6) is 0 Å². The Kier molecular flexibility index (Phi) is 4.23. The quantitative estimate of drug-likeness (QED) is 0.757. The Hall–Kier alpha value is -3.04. The van der Waals surface area contributed by atoms with Crippen molar-refractivity contribution in [1.29, 1.82) is 5.26 Å². The van der Waals surface area contributed by atoms with Gasteiger partial charge in [0.1, 0.15) is 11.9 Å². The van der Waals surface area contributed by atoms with E-state index in [4.69, 9.17) is 11.6 Å². The Labute approximate surface area is 155 Å². The van der Waals surface area contributed by atoms with Gasteiger partial charge in [-0.3, -0.25) is 4.79 Å². The molecule has 130 valence electrons. The monoisotopic (exact) mass is 365 g/mol. The third kappa shape index (κ3) is 2.87. The Morgan fingerprint density at radius 2 is 2.04 bits per heavy atom. The number of carbonyl (C=O) groups is 1. The Balaban J connectivity index is 1.51. The predicted molar refractivity (Wildman–Crippen MR) is 100 cm³/mol. The molecule has 0 bridgehead atoms. The van der Waals surface area contributed by atoms with Crippen molar-refractivity contribution in [2.45, 2.75) is 0 Å². The molecule has 1 fully saturated rings. The van der Waals surface area contributed by atoms with E-state index in [-0.39, 0.29) is 5.91 Å². The minimum Gasteiger partial charge on any atom is -0.360 e. The molecule has 1 amide bonds. The summed E-state index contributed by atoms with van der Waals surface area (Å²) in [5.41, 5.74) is 2.06. The zero-order valence-electron chi connectivity index (χ0n) is 13.9. The highest BCUT2D eigenvalue weighted by Gasteiger charge is 2.25. The van der Waals surface area contributed by atoms with Gasteiger partial charge in [0.2, 0.25) is 0 Å². The van der Waals surface area contributed by atoms with E-state index >= 15 is 0 Å². The van der Waals surface area contributed by atoms with Crippen LogP contribution in [0.15, 0.2) is 42.7 Å². The van der Waals surface area contributed by atoms with Crippen LogP contribution < -0.4 is 4.90 Å². The van der Waals surface area contributed by atoms with E-state index in [1.807, 2.05) is 17.0 Å². The molecule has 7 heteroatoms. The molecule has 3 aromatic rings. The molecular formula is C19H16ClN5O. The number of halogens is 1. The molecule has 1 N–H and O–H groups in total. The summed E-state index contributed by atoms with van der Waals surface area (Å²) in [5, 5.41) is 10.7. The van der Waals surface area contributed by atoms with Crippen molar-refractivity contribution < 1.29 is 4.79 Å². The molecule has 26 heavy (non-hydrogen) atoms. The number of nitriles is 1. The molecule has 0 spiro atoms. The highest BCUT2D eigenvalue weighted by atomic mass is 35.5. The maximum atomic E-state index is 12.9. The van der Waals surface area contributed by atoms with Gasteiger partial charge in [-0.15, -0.1) is 0 Å². The first-order chi connectivity index (χ1) is 12.7. The summed E-state index contributed by atoms with van der Waals surface area (Å²) in [6.45, 7) is 2.46. The number of anilines is 1. The summed E-state index contributed by atoms with van der Waals surface area (Å²) in [6.07, 6.45) is 3.42. The largest absolute Gasteiger partial charge is 0.360 e. The average Bonchev–Trinajstić information content (AvgIpc) is 3.10. The van der Waals surface area contributed by atoms with Crippen LogP contribution in [0.4, 0.5) is 5.82 Å². The lowest BCUT2D eigenvalue weighted by Gasteiger charge is -2.35. The molecule has 1 aliphatic rings. The van der Waals surface area contributed by atoms with Crippen molar-refractivity contribution >= 4 is 34.2 Å². The van der Waals surface area contributed by atoms with Gasteiger partial charge in [0.25, 0.3) is 5.91 Å². The van der Waals surface area contributed by atoms with Crippen molar-refractivity contribution in [2.24, 2.45) is 0 Å². The maximum Gasteiger partial charge on any atom is 0.256 e. The van der Waals surface area contributed by atoms with Gasteiger partial charge in [-0.05, 0) is 24.3 Å². The molecular weight excluding hydrogens is 350 g/mol. The zero-order chi connectivity index (χ0) is 18.1. The Morgan fingerprint density at radius 1 is 1.23 bits per heavy atom. The van der Waals surface area contributed by atoms with Crippen LogP contribution in [-0.2, 0) is 0 Å². The predicted octanol–water partition coefficient (Wildman–Crippen LogP) is 3.05. The summed E-state index contributed by atoms with van der Waals surface area (Å²) in [5.74, 6) is 0.684. The van der Waals surface area contributed by atoms with Crippen LogP contribution in [0.1, 0.15) is 15.9 Å². The summed E-state index contributed by atoms with van der Waals surface area (Å²) < 4.78 is 0. The molecule has 1 aromatic carbocycles. The summed E-state index contributed by atoms with van der Waals surface area (Å²) >= 11 is 6.01. The first-order valence-corrected chi connectivity index (χ1v) is 8.71. The molecule has 0 aliphatic carbocycles. The first kappa shape index (κ1) is 16.4. The molecule has 6 nitrogen and oxygen atoms in total. The van der Waals surface area contributed by atoms with E-state index in [1.165, 1.54) is 0 Å². The second-order valence-electron chi connectivity index (χ2n) is 6.16. The number of hydrogen-bond acceptors (Lipinski definition) is 4. The summed E-state index contributed by atoms with van der Waals surface area (Å²) in [7, 11) is 0. The normalized spacial score (nSPS) is 14.5. The number of nitrogens with one attached hydrogen (secondary N) is 1. The van der Waals surface area contributed by atoms with Gasteiger partial charge in [-0.1, -0.05) is 17.7 Å². The number of carbonyl (C=O) groups excluding carboxylic acids is 1. The zero-order valence-corrected chi connectivity index (χ0v) is 14.7. The number of piperazine rings is 1. The van der Waals surface area contributed by atoms with Crippen molar-refractivity contribution in [2.75, 3.05) is 31.1 Å². The van der Waals surface area contributed by atoms with Crippen LogP contribution in [-0.4, -0.2) is 47.0 Å². The lowest BCUT2D eigenvalue weighted by molar-refractivity contribution is 0.0748. The SMILES string of the molecule is N#Cc1cccnc1N1CCN(C(=O)c2c[nH]c3cc(Cl)ccc23)CC1. The number of H-pyrrole nitrogens is 1. The van der Waals surface area contributed by atoms with E-state index in [0.29, 0.717) is 48.1 Å². The molecule has 1 saturated heterocycles. The van der Waals surface area contributed by atoms with E-state index in [9.17, 15) is 10.1 Å². The van der Waals surface area contributed by atoms with Crippen LogP contribution in [0, 0.1) is 11.3 Å². The first-order valence-electron chi connectivity index (χ1n) is 8.33. The van der Waals surface area contributed by atoms with Gasteiger partial charge in [0.15, 0.2) is 0 Å². The fourth-order valence-electron chi connectivity index (χ4n) is 3.30. The van der Waals surface area contributed by atoms with Gasteiger partial charge in [-0.2, -0.15) is 5.26 Å². The number of rotatable bonds is 2. The number of aromatic amines is 1. The summed E-state index contributed by atoms with van der Waals surface area (Å²) in [6, 6.07) is 11.2. The topological polar surface area (TPSA) is 76.0 Å². The second kappa shape index (κ2) is 6.70. The molecule has 3 heterocycles. The molecule has 0 unspecified atom stereocenters. The lowest BCUT2D eigenvalue weighted by Crippen LogP contribution is -2.49. The lowest BCUT2D eigenvalue weighted by atomic mass is 10.1. The standard InChI is InChI=1S/C19H16ClN5O/c20-14-3-4-15-16(12-23-17(15)10-14)19(26)25-8-6-24(7-9-25)18-13(11-21)2-1-5-22-18/h1-5,10,12,23H,6-9H2. The minimum atomic E-state index is -0.000232. The number of amides is 1. The van der Waals surface area contributed by atoms with Gasteiger partial charge in [-0.25, -0.2) is 4.98 Å². The fraction of sp³-hybridized carbons (Fsp3) is 0.211. The van der Waals surface area contributed by atoms with Crippen LogP contribution in [0.2, 0.25) is 5.02 Å². The summed E-state index contributed by atoms with van der Waals surface area (Å²) in [4.78, 5) is 24.2. The Bertz CT molecular complexity index is 1010. The molecule has 4 rings (SSSR count). The molecule has 0 atom stereocenters. The highest BCUT2D eigenvalue weighted by Crippen LogP contribution is 2.24. The number of benzene rings is 1. The van der Waals surface area contributed by atoms with Gasteiger partial charge in [0.05, 0.1) is 11.1 Å². The average molecular weight is 366 g/mol. The Morgan fingerprint density at radius 3 is 2.81 bits per heavy atom. The van der Waals surface area contributed by atoms with Crippen LogP contribution in [0.3, 0.4) is 0 Å². The van der Waals surface area contributed by atoms with Crippen molar-refractivity contribution in [1.82, 2.24) is 14.9 Å². The number of aromatic nitrogens is 2. The highest BCUT2D eigenvalue weighted by molar-refractivity contribution is 6.31. The number of fused-ring (bicyclic) bond motifs is 1. The third-order valence-electron chi connectivity index (χ3n) is 4.65. The fourth-order valence-corrected chi connectivity index (χ4v) is 3.48. The number of pyridine rings is 1. The van der Waals surface area contributed by atoms with E-state index < -0.39 is 0 Å². The molecule has 0 saturated carbocycles. The van der Waals surface area contributed by atoms with Crippen molar-refractivity contribution in [3.63, 3.8) is 0 Å². The van der Waals surface area contributed by atoms with Crippen LogP contribution in [0.25, 0.3) is 10.9 Å². The van der Waals surface area contributed by atoms with E-state index in [2.05, 4.69) is 20.9 Å². The molecule has 1 aliphatic heterocycles. The third-order valence-corrected chi connectivity index (χ3v) is 4.88. The van der Waals surface area contributed by atoms with Crippen molar-refractivity contribution in [3.8, 4) is 6.07 Å².